The predicted octanol–water partition coefficient (Wildman–Crippen LogP) is 1.30. The van der Waals surface area contributed by atoms with Gasteiger partial charge in [0.05, 0.1) is 11.8 Å². The lowest BCUT2D eigenvalue weighted by Gasteiger charge is -1.44. The summed E-state index contributed by atoms with van der Waals surface area (Å²) in [6.45, 7) is 0. The van der Waals surface area contributed by atoms with Crippen LogP contribution in [0.5, 0.6) is 0 Å². The average Bonchev–Trinajstić information content (AvgIpc) is 1.41. The minimum absolute atomic E-state index is 0. The SMILES string of the molecule is I.N#CSC#N. The van der Waals surface area contributed by atoms with Crippen LogP contribution in [0.2, 0.25) is 0 Å². The van der Waals surface area contributed by atoms with Crippen molar-refractivity contribution in [3.8, 4) is 10.8 Å². The van der Waals surface area contributed by atoms with Gasteiger partial charge in [0.2, 0.25) is 0 Å². The minimum atomic E-state index is 0. The largest absolute Gasteiger partial charge is 0.184 e. The number of halogens is 1. The number of hydrogen-bond acceptors (Lipinski definition) is 3. The molecule has 0 saturated heterocycles. The molecule has 0 aliphatic carbocycles. The Labute approximate surface area is 57.2 Å². The maximum Gasteiger partial charge on any atom is 0.149 e. The highest BCUT2D eigenvalue weighted by molar-refractivity contribution is 14.0. The van der Waals surface area contributed by atoms with Gasteiger partial charge in [-0.05, 0) is 0 Å². The van der Waals surface area contributed by atoms with E-state index in [9.17, 15) is 0 Å². The minimum Gasteiger partial charge on any atom is -0.184 e. The molecule has 32 valence electrons. The molecule has 0 heterocycles. The van der Waals surface area contributed by atoms with Crippen LogP contribution in [0.1, 0.15) is 0 Å². The Bertz CT molecular complexity index is 76.7. The summed E-state index contributed by atoms with van der Waals surface area (Å²) < 4.78 is 0. The van der Waals surface area contributed by atoms with Crippen molar-refractivity contribution in [2.75, 3.05) is 0 Å². The van der Waals surface area contributed by atoms with Crippen molar-refractivity contribution in [3.05, 3.63) is 0 Å². The summed E-state index contributed by atoms with van der Waals surface area (Å²) in [5.41, 5.74) is 0. The molecule has 0 radical (unpaired) electrons. The molecule has 0 bridgehead atoms. The molecular formula is C2HIN2S. The summed E-state index contributed by atoms with van der Waals surface area (Å²) >= 11 is 0.574. The van der Waals surface area contributed by atoms with Crippen LogP contribution in [-0.4, -0.2) is 0 Å². The van der Waals surface area contributed by atoms with Gasteiger partial charge in [0, 0.05) is 0 Å². The number of nitriles is 2. The number of nitrogens with zero attached hydrogens (tertiary/aromatic N) is 2. The summed E-state index contributed by atoms with van der Waals surface area (Å²) in [6, 6.07) is 0. The first kappa shape index (κ1) is 9.41. The van der Waals surface area contributed by atoms with E-state index in [2.05, 4.69) is 0 Å². The van der Waals surface area contributed by atoms with Crippen molar-refractivity contribution in [1.29, 1.82) is 10.5 Å². The van der Waals surface area contributed by atoms with Crippen molar-refractivity contribution in [3.63, 3.8) is 0 Å². The van der Waals surface area contributed by atoms with E-state index < -0.39 is 0 Å². The number of rotatable bonds is 0. The molecule has 0 aliphatic rings. The van der Waals surface area contributed by atoms with E-state index in [0.29, 0.717) is 11.8 Å². The lowest BCUT2D eigenvalue weighted by atomic mass is 11.8. The van der Waals surface area contributed by atoms with E-state index in [4.69, 9.17) is 10.5 Å². The zero-order valence-electron chi connectivity index (χ0n) is 2.71. The molecular weight excluding hydrogens is 211 g/mol. The van der Waals surface area contributed by atoms with Gasteiger partial charge in [0.15, 0.2) is 0 Å². The first-order valence-corrected chi connectivity index (χ1v) is 1.67. The smallest absolute Gasteiger partial charge is 0.149 e. The standard InChI is InChI=1S/C2N2S.HI/c3-1-5-2-4;/h;1H. The highest BCUT2D eigenvalue weighted by Gasteiger charge is 1.62. The van der Waals surface area contributed by atoms with Crippen molar-refractivity contribution in [1.82, 2.24) is 0 Å². The van der Waals surface area contributed by atoms with Crippen LogP contribution < -0.4 is 0 Å². The number of thiocyanates is 2. The maximum absolute atomic E-state index is 7.56. The van der Waals surface area contributed by atoms with E-state index in [1.165, 1.54) is 0 Å². The van der Waals surface area contributed by atoms with Crippen molar-refractivity contribution in [2.45, 2.75) is 0 Å². The Hall–Kier alpha value is 0.0600. The van der Waals surface area contributed by atoms with Crippen LogP contribution in [0.3, 0.4) is 0 Å². The third-order valence-corrected chi connectivity index (χ3v) is 0.274. The molecule has 0 unspecified atom stereocenters. The second kappa shape index (κ2) is 8.91. The highest BCUT2D eigenvalue weighted by Crippen LogP contribution is 1.85. The van der Waals surface area contributed by atoms with E-state index >= 15 is 0 Å². The Morgan fingerprint density at radius 1 is 1.17 bits per heavy atom. The molecule has 0 rings (SSSR count). The van der Waals surface area contributed by atoms with E-state index in [0.717, 1.165) is 0 Å². The zero-order valence-corrected chi connectivity index (χ0v) is 5.86. The summed E-state index contributed by atoms with van der Waals surface area (Å²) in [7, 11) is 0. The zero-order chi connectivity index (χ0) is 4.12. The fourth-order valence-electron chi connectivity index (χ4n) is 0.0204. The van der Waals surface area contributed by atoms with Crippen LogP contribution in [0.25, 0.3) is 0 Å². The quantitative estimate of drug-likeness (QED) is 0.449. The molecule has 2 nitrogen and oxygen atoms in total. The summed E-state index contributed by atoms with van der Waals surface area (Å²) in [5, 5.41) is 18.3. The number of thioether (sulfide) groups is 1. The Morgan fingerprint density at radius 2 is 1.50 bits per heavy atom. The van der Waals surface area contributed by atoms with E-state index in [1.807, 2.05) is 0 Å². The summed E-state index contributed by atoms with van der Waals surface area (Å²) in [4.78, 5) is 0. The van der Waals surface area contributed by atoms with Gasteiger partial charge in [-0.3, -0.25) is 0 Å². The van der Waals surface area contributed by atoms with Gasteiger partial charge < -0.3 is 0 Å². The third-order valence-electron chi connectivity index (χ3n) is 0.0913. The van der Waals surface area contributed by atoms with Crippen LogP contribution >= 0.6 is 35.7 Å². The predicted molar refractivity (Wildman–Crippen MR) is 34.2 cm³/mol. The molecule has 4 heteroatoms. The normalized spacial score (nSPS) is 3.67. The Kier molecular flexibility index (Phi) is 14.0. The molecule has 0 amide bonds. The fourth-order valence-corrected chi connectivity index (χ4v) is 0.0612. The van der Waals surface area contributed by atoms with E-state index in [1.54, 1.807) is 10.8 Å². The van der Waals surface area contributed by atoms with Crippen molar-refractivity contribution in [2.24, 2.45) is 0 Å². The summed E-state index contributed by atoms with van der Waals surface area (Å²) in [6.07, 6.45) is 0. The molecule has 0 fully saturated rings. The number of hydrogen-bond donors (Lipinski definition) is 0. The third kappa shape index (κ3) is 8.96. The average molecular weight is 212 g/mol. The summed E-state index contributed by atoms with van der Waals surface area (Å²) in [5.74, 6) is 0. The topological polar surface area (TPSA) is 47.6 Å². The fraction of sp³-hybridized carbons (Fsp3) is 0. The van der Waals surface area contributed by atoms with Crippen LogP contribution in [0.4, 0.5) is 0 Å². The van der Waals surface area contributed by atoms with Crippen molar-refractivity contribution < 1.29 is 0 Å². The molecule has 0 aromatic rings. The Morgan fingerprint density at radius 3 is 1.50 bits per heavy atom. The maximum atomic E-state index is 7.56. The van der Waals surface area contributed by atoms with Crippen LogP contribution in [0.15, 0.2) is 0 Å². The lowest BCUT2D eigenvalue weighted by molar-refractivity contribution is 1.56. The van der Waals surface area contributed by atoms with Gasteiger partial charge in [0.1, 0.15) is 10.8 Å². The second-order valence-electron chi connectivity index (χ2n) is 0.285. The molecule has 0 saturated carbocycles. The second-order valence-corrected chi connectivity index (χ2v) is 0.854. The molecule has 0 atom stereocenters. The van der Waals surface area contributed by atoms with Gasteiger partial charge in [-0.2, -0.15) is 10.5 Å². The van der Waals surface area contributed by atoms with Gasteiger partial charge >= 0.3 is 0 Å². The highest BCUT2D eigenvalue weighted by atomic mass is 127. The monoisotopic (exact) mass is 212 g/mol. The van der Waals surface area contributed by atoms with Crippen molar-refractivity contribution >= 4 is 35.7 Å². The molecule has 0 aliphatic heterocycles. The molecule has 0 N–H and O–H groups in total. The van der Waals surface area contributed by atoms with Gasteiger partial charge in [-0.15, -0.1) is 24.0 Å². The first-order valence-electron chi connectivity index (χ1n) is 0.855. The van der Waals surface area contributed by atoms with Gasteiger partial charge in [0.25, 0.3) is 0 Å². The molecule has 0 spiro atoms. The Balaban J connectivity index is 0. The lowest BCUT2D eigenvalue weighted by Crippen LogP contribution is -1.29. The molecule has 0 aromatic carbocycles. The molecule has 0 aromatic heterocycles. The van der Waals surface area contributed by atoms with Gasteiger partial charge in [-0.1, -0.05) is 0 Å². The van der Waals surface area contributed by atoms with Crippen LogP contribution in [-0.2, 0) is 0 Å². The van der Waals surface area contributed by atoms with E-state index in [-0.39, 0.29) is 24.0 Å². The van der Waals surface area contributed by atoms with Crippen LogP contribution in [0, 0.1) is 21.3 Å². The molecule has 6 heavy (non-hydrogen) atoms. The first-order chi connectivity index (χ1) is 2.41. The van der Waals surface area contributed by atoms with Gasteiger partial charge in [-0.25, -0.2) is 0 Å².